The van der Waals surface area contributed by atoms with E-state index in [0.717, 1.165) is 23.7 Å². The number of guanidine groups is 1. The fourth-order valence-electron chi connectivity index (χ4n) is 1.66. The van der Waals surface area contributed by atoms with E-state index < -0.39 is 14.6 Å². The highest BCUT2D eigenvalue weighted by molar-refractivity contribution is 7.92. The number of aryl methyl sites for hydroxylation is 2. The fourth-order valence-corrected chi connectivity index (χ4v) is 2.89. The molecule has 1 rings (SSSR count). The van der Waals surface area contributed by atoms with Crippen LogP contribution in [0.2, 0.25) is 0 Å². The fraction of sp³-hybridized carbons (Fsp3) is 0.733. The quantitative estimate of drug-likeness (QED) is 0.571. The van der Waals surface area contributed by atoms with Gasteiger partial charge in [0.2, 0.25) is 0 Å². The standard InChI is InChI=1S/C15H28N4O2S2/c1-7-16-14(18-10-15(4,5)23(6,20)21)17-9-8-13-19-11(2)12(3)22-13/h7-10H2,1-6H3,(H2,16,17,18). The van der Waals surface area contributed by atoms with E-state index >= 15 is 0 Å². The van der Waals surface area contributed by atoms with E-state index in [-0.39, 0.29) is 6.54 Å². The zero-order valence-corrected chi connectivity index (χ0v) is 16.5. The summed E-state index contributed by atoms with van der Waals surface area (Å²) in [5, 5.41) is 7.47. The number of nitrogens with one attached hydrogen (secondary N) is 2. The number of sulfone groups is 1. The molecule has 0 unspecified atom stereocenters. The van der Waals surface area contributed by atoms with Crippen LogP contribution in [0.5, 0.6) is 0 Å². The monoisotopic (exact) mass is 360 g/mol. The Kier molecular flexibility index (Phi) is 7.01. The van der Waals surface area contributed by atoms with Crippen molar-refractivity contribution in [3.8, 4) is 0 Å². The number of rotatable bonds is 7. The Balaban J connectivity index is 2.62. The summed E-state index contributed by atoms with van der Waals surface area (Å²) in [6.45, 7) is 11.1. The van der Waals surface area contributed by atoms with Gasteiger partial charge >= 0.3 is 0 Å². The van der Waals surface area contributed by atoms with Crippen LogP contribution in [-0.2, 0) is 16.3 Å². The van der Waals surface area contributed by atoms with Crippen molar-refractivity contribution in [2.75, 3.05) is 25.9 Å². The van der Waals surface area contributed by atoms with Crippen LogP contribution in [0.3, 0.4) is 0 Å². The molecular formula is C15H28N4O2S2. The molecule has 0 spiro atoms. The molecule has 23 heavy (non-hydrogen) atoms. The highest BCUT2D eigenvalue weighted by Crippen LogP contribution is 2.16. The van der Waals surface area contributed by atoms with Gasteiger partial charge < -0.3 is 10.6 Å². The highest BCUT2D eigenvalue weighted by atomic mass is 32.2. The number of aliphatic imine (C=N–C) groups is 1. The van der Waals surface area contributed by atoms with Gasteiger partial charge in [0.25, 0.3) is 0 Å². The molecule has 0 saturated carbocycles. The van der Waals surface area contributed by atoms with E-state index in [4.69, 9.17) is 0 Å². The van der Waals surface area contributed by atoms with Crippen molar-refractivity contribution < 1.29 is 8.42 Å². The summed E-state index contributed by atoms with van der Waals surface area (Å²) >= 11 is 1.71. The molecule has 0 amide bonds. The van der Waals surface area contributed by atoms with Gasteiger partial charge in [-0.15, -0.1) is 11.3 Å². The van der Waals surface area contributed by atoms with Crippen molar-refractivity contribution in [3.63, 3.8) is 0 Å². The number of thiazole rings is 1. The van der Waals surface area contributed by atoms with Crippen LogP contribution in [0, 0.1) is 13.8 Å². The van der Waals surface area contributed by atoms with Gasteiger partial charge in [0.05, 0.1) is 22.0 Å². The van der Waals surface area contributed by atoms with Gasteiger partial charge in [-0.25, -0.2) is 13.4 Å². The largest absolute Gasteiger partial charge is 0.357 e. The van der Waals surface area contributed by atoms with Gasteiger partial charge in [0.1, 0.15) is 0 Å². The van der Waals surface area contributed by atoms with Crippen LogP contribution >= 0.6 is 11.3 Å². The van der Waals surface area contributed by atoms with Crippen LogP contribution in [0.1, 0.15) is 36.3 Å². The van der Waals surface area contributed by atoms with Crippen LogP contribution in [-0.4, -0.2) is 50.0 Å². The summed E-state index contributed by atoms with van der Waals surface area (Å²) < 4.78 is 22.6. The molecule has 0 aliphatic carbocycles. The number of aromatic nitrogens is 1. The van der Waals surface area contributed by atoms with Crippen molar-refractivity contribution in [2.45, 2.75) is 45.8 Å². The molecule has 0 atom stereocenters. The highest BCUT2D eigenvalue weighted by Gasteiger charge is 2.29. The van der Waals surface area contributed by atoms with Crippen LogP contribution < -0.4 is 10.6 Å². The van der Waals surface area contributed by atoms with Crippen molar-refractivity contribution in [1.82, 2.24) is 15.6 Å². The van der Waals surface area contributed by atoms with Gasteiger partial charge in [0, 0.05) is 30.6 Å². The minimum atomic E-state index is -3.15. The van der Waals surface area contributed by atoms with Crippen molar-refractivity contribution in [1.29, 1.82) is 0 Å². The first-order chi connectivity index (χ1) is 10.6. The lowest BCUT2D eigenvalue weighted by molar-refractivity contribution is 0.554. The second-order valence-corrected chi connectivity index (χ2v) is 10.1. The third-order valence-electron chi connectivity index (χ3n) is 3.67. The van der Waals surface area contributed by atoms with Gasteiger partial charge in [-0.05, 0) is 34.6 Å². The maximum Gasteiger partial charge on any atom is 0.191 e. The Hall–Kier alpha value is -1.15. The maximum absolute atomic E-state index is 11.7. The molecule has 0 aliphatic rings. The average molecular weight is 361 g/mol. The Labute approximate surface area is 143 Å². The molecule has 0 fully saturated rings. The van der Waals surface area contributed by atoms with Crippen molar-refractivity contribution in [2.24, 2.45) is 4.99 Å². The predicted molar refractivity (Wildman–Crippen MR) is 98.2 cm³/mol. The molecule has 0 saturated heterocycles. The molecular weight excluding hydrogens is 332 g/mol. The Morgan fingerprint density at radius 1 is 1.30 bits per heavy atom. The maximum atomic E-state index is 11.7. The zero-order valence-electron chi connectivity index (χ0n) is 14.9. The topological polar surface area (TPSA) is 83.5 Å². The molecule has 1 aromatic heterocycles. The summed E-state index contributed by atoms with van der Waals surface area (Å²) in [7, 11) is -3.15. The van der Waals surface area contributed by atoms with E-state index in [9.17, 15) is 8.42 Å². The lowest BCUT2D eigenvalue weighted by Crippen LogP contribution is -2.41. The normalized spacial score (nSPS) is 13.2. The number of hydrogen-bond acceptors (Lipinski definition) is 5. The molecule has 0 aromatic carbocycles. The molecule has 2 N–H and O–H groups in total. The lowest BCUT2D eigenvalue weighted by Gasteiger charge is -2.21. The molecule has 132 valence electrons. The van der Waals surface area contributed by atoms with E-state index in [2.05, 4.69) is 27.5 Å². The molecule has 1 aromatic rings. The van der Waals surface area contributed by atoms with Crippen molar-refractivity contribution >= 4 is 27.1 Å². The summed E-state index contributed by atoms with van der Waals surface area (Å²) in [4.78, 5) is 10.2. The summed E-state index contributed by atoms with van der Waals surface area (Å²) in [6, 6.07) is 0. The first kappa shape index (κ1) is 19.9. The second-order valence-electron chi connectivity index (χ2n) is 6.15. The minimum absolute atomic E-state index is 0.219. The van der Waals surface area contributed by atoms with Crippen LogP contribution in [0.25, 0.3) is 0 Å². The molecule has 6 nitrogen and oxygen atoms in total. The molecule has 0 bridgehead atoms. The molecule has 1 heterocycles. The third kappa shape index (κ3) is 6.10. The smallest absolute Gasteiger partial charge is 0.191 e. The Morgan fingerprint density at radius 3 is 2.43 bits per heavy atom. The van der Waals surface area contributed by atoms with Crippen LogP contribution in [0.4, 0.5) is 0 Å². The van der Waals surface area contributed by atoms with Gasteiger partial charge in [-0.1, -0.05) is 0 Å². The molecule has 0 aliphatic heterocycles. The molecule has 0 radical (unpaired) electrons. The Morgan fingerprint density at radius 2 is 1.96 bits per heavy atom. The lowest BCUT2D eigenvalue weighted by atomic mass is 10.2. The second kappa shape index (κ2) is 8.10. The minimum Gasteiger partial charge on any atom is -0.357 e. The van der Waals surface area contributed by atoms with Gasteiger partial charge in [0.15, 0.2) is 15.8 Å². The third-order valence-corrected chi connectivity index (χ3v) is 6.94. The zero-order chi connectivity index (χ0) is 17.7. The molecule has 8 heteroatoms. The number of hydrogen-bond donors (Lipinski definition) is 2. The average Bonchev–Trinajstić information content (AvgIpc) is 2.74. The Bertz CT molecular complexity index is 629. The summed E-state index contributed by atoms with van der Waals surface area (Å²) in [6.07, 6.45) is 2.06. The first-order valence-corrected chi connectivity index (χ1v) is 10.4. The van der Waals surface area contributed by atoms with E-state index in [1.165, 1.54) is 11.1 Å². The first-order valence-electron chi connectivity index (χ1n) is 7.71. The van der Waals surface area contributed by atoms with Crippen molar-refractivity contribution in [3.05, 3.63) is 15.6 Å². The van der Waals surface area contributed by atoms with E-state index in [1.54, 1.807) is 25.2 Å². The van der Waals surface area contributed by atoms with Crippen LogP contribution in [0.15, 0.2) is 4.99 Å². The van der Waals surface area contributed by atoms with E-state index in [0.29, 0.717) is 12.5 Å². The predicted octanol–water partition coefficient (Wildman–Crippen LogP) is 1.68. The SMILES string of the molecule is CCNC(=NCC(C)(C)S(C)(=O)=O)NCCc1nc(C)c(C)s1. The van der Waals surface area contributed by atoms with E-state index in [1.807, 2.05) is 13.8 Å². The number of nitrogens with zero attached hydrogens (tertiary/aromatic N) is 2. The van der Waals surface area contributed by atoms with Gasteiger partial charge in [-0.2, -0.15) is 0 Å². The summed E-state index contributed by atoms with van der Waals surface area (Å²) in [5.41, 5.74) is 1.08. The van der Waals surface area contributed by atoms with Gasteiger partial charge in [-0.3, -0.25) is 4.99 Å². The summed E-state index contributed by atoms with van der Waals surface area (Å²) in [5.74, 6) is 0.634.